The zero-order valence-electron chi connectivity index (χ0n) is 24.8. The third-order valence-electron chi connectivity index (χ3n) is 7.20. The van der Waals surface area contributed by atoms with Crippen molar-refractivity contribution in [2.45, 2.75) is 26.3 Å². The lowest BCUT2D eigenvalue weighted by Crippen LogP contribution is -2.24. The van der Waals surface area contributed by atoms with Gasteiger partial charge in [-0.2, -0.15) is 0 Å². The fourth-order valence-electron chi connectivity index (χ4n) is 4.77. The van der Waals surface area contributed by atoms with Crippen LogP contribution in [0.1, 0.15) is 34.8 Å². The summed E-state index contributed by atoms with van der Waals surface area (Å²) >= 11 is 1.75. The first-order valence-electron chi connectivity index (χ1n) is 13.7. The number of amides is 1. The Balaban J connectivity index is 1.45. The summed E-state index contributed by atoms with van der Waals surface area (Å²) in [7, 11) is 7.01. The zero-order chi connectivity index (χ0) is 30.0. The van der Waals surface area contributed by atoms with Crippen molar-refractivity contribution in [2.75, 3.05) is 38.5 Å². The highest BCUT2D eigenvalue weighted by molar-refractivity contribution is 7.15. The van der Waals surface area contributed by atoms with Gasteiger partial charge in [-0.15, -0.1) is 11.3 Å². The van der Waals surface area contributed by atoms with Crippen molar-refractivity contribution in [3.63, 3.8) is 0 Å². The predicted octanol–water partition coefficient (Wildman–Crippen LogP) is 6.82. The molecule has 3 heterocycles. The number of rotatable bonds is 9. The summed E-state index contributed by atoms with van der Waals surface area (Å²) < 4.78 is 5.43. The summed E-state index contributed by atoms with van der Waals surface area (Å²) in [6.07, 6.45) is 1.95. The molecule has 3 aromatic heterocycles. The number of aromatic nitrogens is 3. The van der Waals surface area contributed by atoms with Gasteiger partial charge in [0, 0.05) is 47.5 Å². The summed E-state index contributed by atoms with van der Waals surface area (Å²) in [5, 5.41) is 4.56. The molecule has 0 unspecified atom stereocenters. The Morgan fingerprint density at radius 2 is 1.83 bits per heavy atom. The second kappa shape index (κ2) is 12.2. The smallest absolute Gasteiger partial charge is 0.226 e. The van der Waals surface area contributed by atoms with Crippen LogP contribution in [0.5, 0.6) is 5.88 Å². The Morgan fingerprint density at radius 3 is 2.57 bits per heavy atom. The van der Waals surface area contributed by atoms with E-state index in [1.54, 1.807) is 43.6 Å². The van der Waals surface area contributed by atoms with E-state index in [0.717, 1.165) is 44.8 Å². The van der Waals surface area contributed by atoms with Crippen LogP contribution in [-0.2, 0) is 11.2 Å². The summed E-state index contributed by atoms with van der Waals surface area (Å²) in [4.78, 5) is 32.4. The van der Waals surface area contributed by atoms with Gasteiger partial charge in [0.15, 0.2) is 0 Å². The van der Waals surface area contributed by atoms with E-state index in [-0.39, 0.29) is 18.4 Å². The molecule has 0 aliphatic carbocycles. The minimum atomic E-state index is -0.0219. The van der Waals surface area contributed by atoms with Crippen molar-refractivity contribution >= 4 is 45.3 Å². The lowest BCUT2D eigenvalue weighted by Gasteiger charge is -2.22. The van der Waals surface area contributed by atoms with Gasteiger partial charge in [0.1, 0.15) is 11.6 Å². The van der Waals surface area contributed by atoms with Gasteiger partial charge in [-0.3, -0.25) is 4.79 Å². The number of methoxy groups -OCH3 is 1. The summed E-state index contributed by atoms with van der Waals surface area (Å²) in [5.41, 5.74) is 5.53. The molecule has 0 bridgehead atoms. The molecule has 0 saturated heterocycles. The highest BCUT2D eigenvalue weighted by Crippen LogP contribution is 2.36. The van der Waals surface area contributed by atoms with Crippen molar-refractivity contribution in [1.29, 1.82) is 0 Å². The van der Waals surface area contributed by atoms with Crippen LogP contribution in [0, 0.1) is 13.8 Å². The Hall–Kier alpha value is -4.50. The Morgan fingerprint density at radius 1 is 1.05 bits per heavy atom. The lowest BCUT2D eigenvalue weighted by atomic mass is 10.1. The molecule has 5 aromatic rings. The van der Waals surface area contributed by atoms with E-state index in [0.29, 0.717) is 11.7 Å². The molecule has 9 heteroatoms. The topological polar surface area (TPSA) is 83.5 Å². The average molecular weight is 580 g/mol. The van der Waals surface area contributed by atoms with Gasteiger partial charge >= 0.3 is 0 Å². The number of carbonyl (C=O) groups excluding carboxylic acids is 1. The zero-order valence-corrected chi connectivity index (χ0v) is 25.6. The number of fused-ring (bicyclic) bond motifs is 1. The largest absolute Gasteiger partial charge is 0.481 e. The number of thiophene rings is 1. The lowest BCUT2D eigenvalue weighted by molar-refractivity contribution is -0.128. The third-order valence-corrected chi connectivity index (χ3v) is 8.50. The number of nitrogens with one attached hydrogen (secondary N) is 1. The van der Waals surface area contributed by atoms with E-state index in [9.17, 15) is 4.79 Å². The summed E-state index contributed by atoms with van der Waals surface area (Å²) in [6, 6.07) is 20.6. The van der Waals surface area contributed by atoms with E-state index in [1.807, 2.05) is 55.3 Å². The van der Waals surface area contributed by atoms with Crippen LogP contribution in [0.15, 0.2) is 66.9 Å². The number of anilines is 3. The van der Waals surface area contributed by atoms with Crippen molar-refractivity contribution in [2.24, 2.45) is 0 Å². The molecule has 1 atom stereocenters. The number of hydrogen-bond acceptors (Lipinski definition) is 8. The van der Waals surface area contributed by atoms with Crippen molar-refractivity contribution in [3.8, 4) is 16.3 Å². The normalized spacial score (nSPS) is 11.8. The first kappa shape index (κ1) is 29.0. The Labute approximate surface area is 251 Å². The van der Waals surface area contributed by atoms with Gasteiger partial charge in [0.2, 0.25) is 11.8 Å². The SMILES string of the molecule is [CH2]c1ccccc1-c1ccc([C@@H](C)Nc2nc(C)nc3ccc(N(C)c4cnc(OC)c(CC(=O)N(C)C)c4)cc23)s1. The molecule has 8 nitrogen and oxygen atoms in total. The Bertz CT molecular complexity index is 1750. The number of nitrogens with zero attached hydrogens (tertiary/aromatic N) is 5. The van der Waals surface area contributed by atoms with E-state index in [4.69, 9.17) is 9.72 Å². The Kier molecular flexibility index (Phi) is 8.40. The van der Waals surface area contributed by atoms with Crippen molar-refractivity contribution in [1.82, 2.24) is 19.9 Å². The molecular weight excluding hydrogens is 544 g/mol. The standard InChI is InChI=1S/C33H35N6O2S/c1-20-10-8-9-11-26(20)30-15-14-29(42-30)21(2)35-32-27-18-24(12-13-28(27)36-22(3)37-32)39(6)25-16-23(17-31(40)38(4)5)33(41-7)34-19-25/h8-16,18-19,21H,1,17H2,2-7H3,(H,35,36,37)/t21-/m1/s1. The second-order valence-corrected chi connectivity index (χ2v) is 11.5. The van der Waals surface area contributed by atoms with Gasteiger partial charge < -0.3 is 19.9 Å². The van der Waals surface area contributed by atoms with Crippen LogP contribution >= 0.6 is 11.3 Å². The van der Waals surface area contributed by atoms with Gasteiger partial charge in [0.05, 0.1) is 37.0 Å². The van der Waals surface area contributed by atoms with Crippen LogP contribution in [0.25, 0.3) is 21.3 Å². The highest BCUT2D eigenvalue weighted by Gasteiger charge is 2.17. The number of carbonyl (C=O) groups is 1. The van der Waals surface area contributed by atoms with E-state index in [1.165, 1.54) is 9.75 Å². The maximum atomic E-state index is 12.4. The number of pyridine rings is 1. The fourth-order valence-corrected chi connectivity index (χ4v) is 5.84. The average Bonchev–Trinajstić information content (AvgIpc) is 3.47. The van der Waals surface area contributed by atoms with Gasteiger partial charge in [-0.1, -0.05) is 24.3 Å². The molecule has 5 rings (SSSR count). The maximum absolute atomic E-state index is 12.4. The molecule has 1 N–H and O–H groups in total. The molecule has 0 aliphatic rings. The number of benzene rings is 2. The number of likely N-dealkylation sites (N-methyl/N-ethyl adjacent to an activating group) is 1. The van der Waals surface area contributed by atoms with Gasteiger partial charge in [-0.05, 0) is 68.3 Å². The number of hydrogen-bond donors (Lipinski definition) is 1. The molecule has 1 radical (unpaired) electrons. The van der Waals surface area contributed by atoms with Crippen LogP contribution in [-0.4, -0.2) is 54.0 Å². The first-order valence-corrected chi connectivity index (χ1v) is 14.5. The van der Waals surface area contributed by atoms with Crippen LogP contribution in [0.3, 0.4) is 0 Å². The monoisotopic (exact) mass is 579 g/mol. The highest BCUT2D eigenvalue weighted by atomic mass is 32.1. The van der Waals surface area contributed by atoms with Crippen LogP contribution in [0.2, 0.25) is 0 Å². The van der Waals surface area contributed by atoms with E-state index < -0.39 is 0 Å². The molecule has 42 heavy (non-hydrogen) atoms. The van der Waals surface area contributed by atoms with Crippen molar-refractivity contribution < 1.29 is 9.53 Å². The predicted molar refractivity (Wildman–Crippen MR) is 172 cm³/mol. The van der Waals surface area contributed by atoms with Crippen molar-refractivity contribution in [3.05, 3.63) is 95.6 Å². The first-order chi connectivity index (χ1) is 20.1. The molecule has 0 aliphatic heterocycles. The minimum Gasteiger partial charge on any atom is -0.481 e. The molecule has 0 fully saturated rings. The molecular formula is C33H35N6O2S. The molecule has 2 aromatic carbocycles. The molecule has 1 amide bonds. The second-order valence-electron chi connectivity index (χ2n) is 10.4. The number of ether oxygens (including phenoxy) is 1. The summed E-state index contributed by atoms with van der Waals surface area (Å²) in [5.74, 6) is 1.90. The fraction of sp³-hybridized carbons (Fsp3) is 0.242. The van der Waals surface area contributed by atoms with Gasteiger partial charge in [-0.25, -0.2) is 15.0 Å². The van der Waals surface area contributed by atoms with Crippen LogP contribution < -0.4 is 15.0 Å². The molecule has 0 saturated carbocycles. The minimum absolute atomic E-state index is 0.0219. The quantitative estimate of drug-likeness (QED) is 0.205. The summed E-state index contributed by atoms with van der Waals surface area (Å²) in [6.45, 7) is 8.23. The molecule has 0 spiro atoms. The van der Waals surface area contributed by atoms with Crippen LogP contribution in [0.4, 0.5) is 17.2 Å². The van der Waals surface area contributed by atoms with E-state index >= 15 is 0 Å². The number of aryl methyl sites for hydroxylation is 1. The third kappa shape index (κ3) is 6.06. The van der Waals surface area contributed by atoms with E-state index in [2.05, 4.69) is 53.4 Å². The van der Waals surface area contributed by atoms with Gasteiger partial charge in [0.25, 0.3) is 0 Å². The molecule has 215 valence electrons. The maximum Gasteiger partial charge on any atom is 0.226 e.